The molecule has 0 aliphatic heterocycles. The number of benzene rings is 1. The maximum atomic E-state index is 10.5. The molecule has 0 amide bonds. The van der Waals surface area contributed by atoms with Gasteiger partial charge in [0.05, 0.1) is 12.2 Å². The lowest BCUT2D eigenvalue weighted by atomic mass is 9.85. The molecule has 3 nitrogen and oxygen atoms in total. The van der Waals surface area contributed by atoms with Crippen LogP contribution in [-0.4, -0.2) is 37.5 Å². The molecule has 1 unspecified atom stereocenters. The summed E-state index contributed by atoms with van der Waals surface area (Å²) in [5, 5.41) is 13.8. The second kappa shape index (κ2) is 7.92. The van der Waals surface area contributed by atoms with Crippen LogP contribution in [0.4, 0.5) is 0 Å². The SMILES string of the molecule is COCCNCCC(C)(O)Cc1ccc(C(C)(C)C)cc1. The fourth-order valence-corrected chi connectivity index (χ4v) is 2.31. The molecular weight excluding hydrogens is 262 g/mol. The molecule has 0 fully saturated rings. The van der Waals surface area contributed by atoms with Crippen molar-refractivity contribution in [2.24, 2.45) is 0 Å². The average molecular weight is 293 g/mol. The van der Waals surface area contributed by atoms with Gasteiger partial charge in [-0.15, -0.1) is 0 Å². The van der Waals surface area contributed by atoms with Crippen LogP contribution in [0.25, 0.3) is 0 Å². The highest BCUT2D eigenvalue weighted by molar-refractivity contribution is 5.28. The molecule has 0 saturated heterocycles. The van der Waals surface area contributed by atoms with Crippen molar-refractivity contribution in [3.8, 4) is 0 Å². The van der Waals surface area contributed by atoms with Gasteiger partial charge in [0.25, 0.3) is 0 Å². The summed E-state index contributed by atoms with van der Waals surface area (Å²) in [5.74, 6) is 0. The molecule has 120 valence electrons. The fourth-order valence-electron chi connectivity index (χ4n) is 2.31. The summed E-state index contributed by atoms with van der Waals surface area (Å²) in [6, 6.07) is 8.60. The quantitative estimate of drug-likeness (QED) is 0.724. The summed E-state index contributed by atoms with van der Waals surface area (Å²) in [6.45, 7) is 10.9. The third-order valence-electron chi connectivity index (χ3n) is 3.73. The average Bonchev–Trinajstić information content (AvgIpc) is 2.37. The van der Waals surface area contributed by atoms with E-state index in [-0.39, 0.29) is 5.41 Å². The van der Waals surface area contributed by atoms with E-state index in [1.54, 1.807) is 7.11 Å². The molecule has 0 aromatic heterocycles. The molecule has 0 radical (unpaired) electrons. The largest absolute Gasteiger partial charge is 0.390 e. The van der Waals surface area contributed by atoms with E-state index in [1.807, 2.05) is 6.92 Å². The molecule has 1 aromatic carbocycles. The Morgan fingerprint density at radius 2 is 1.67 bits per heavy atom. The number of aliphatic hydroxyl groups is 1. The van der Waals surface area contributed by atoms with Crippen molar-refractivity contribution in [1.82, 2.24) is 5.32 Å². The molecule has 0 aliphatic rings. The summed E-state index contributed by atoms with van der Waals surface area (Å²) in [5.41, 5.74) is 2.01. The van der Waals surface area contributed by atoms with Gasteiger partial charge in [0.2, 0.25) is 0 Å². The van der Waals surface area contributed by atoms with Gasteiger partial charge in [-0.25, -0.2) is 0 Å². The number of ether oxygens (including phenoxy) is 1. The normalized spacial score (nSPS) is 15.0. The lowest BCUT2D eigenvalue weighted by Crippen LogP contribution is -2.33. The lowest BCUT2D eigenvalue weighted by Gasteiger charge is -2.24. The monoisotopic (exact) mass is 293 g/mol. The number of methoxy groups -OCH3 is 1. The summed E-state index contributed by atoms with van der Waals surface area (Å²) >= 11 is 0. The molecule has 2 N–H and O–H groups in total. The number of hydrogen-bond acceptors (Lipinski definition) is 3. The predicted octanol–water partition coefficient (Wildman–Crippen LogP) is 2.90. The lowest BCUT2D eigenvalue weighted by molar-refractivity contribution is 0.0510. The Morgan fingerprint density at radius 3 is 2.19 bits per heavy atom. The van der Waals surface area contributed by atoms with Crippen LogP contribution in [0.15, 0.2) is 24.3 Å². The van der Waals surface area contributed by atoms with Crippen LogP contribution in [0.1, 0.15) is 45.2 Å². The first-order chi connectivity index (χ1) is 9.74. The highest BCUT2D eigenvalue weighted by Gasteiger charge is 2.21. The van der Waals surface area contributed by atoms with Crippen molar-refractivity contribution in [2.45, 2.75) is 51.6 Å². The van der Waals surface area contributed by atoms with Crippen LogP contribution < -0.4 is 5.32 Å². The van der Waals surface area contributed by atoms with Gasteiger partial charge in [-0.2, -0.15) is 0 Å². The predicted molar refractivity (Wildman–Crippen MR) is 88.8 cm³/mol. The van der Waals surface area contributed by atoms with Gasteiger partial charge in [-0.3, -0.25) is 0 Å². The van der Waals surface area contributed by atoms with Crippen LogP contribution in [0.3, 0.4) is 0 Å². The molecule has 0 heterocycles. The molecule has 0 spiro atoms. The van der Waals surface area contributed by atoms with Crippen molar-refractivity contribution in [1.29, 1.82) is 0 Å². The number of rotatable bonds is 8. The summed E-state index contributed by atoms with van der Waals surface area (Å²) in [7, 11) is 1.69. The van der Waals surface area contributed by atoms with Crippen molar-refractivity contribution >= 4 is 0 Å². The van der Waals surface area contributed by atoms with E-state index in [0.29, 0.717) is 13.0 Å². The minimum atomic E-state index is -0.677. The first-order valence-electron chi connectivity index (χ1n) is 7.76. The Hall–Kier alpha value is -0.900. The van der Waals surface area contributed by atoms with Gasteiger partial charge in [0, 0.05) is 20.1 Å². The van der Waals surface area contributed by atoms with Crippen LogP contribution in [0, 0.1) is 0 Å². The zero-order valence-electron chi connectivity index (χ0n) is 14.2. The van der Waals surface area contributed by atoms with E-state index in [9.17, 15) is 5.11 Å². The topological polar surface area (TPSA) is 41.5 Å². The standard InChI is InChI=1S/C18H31NO2/c1-17(2,3)16-8-6-15(7-9-16)14-18(4,20)10-11-19-12-13-21-5/h6-9,19-20H,10-14H2,1-5H3. The molecule has 1 atom stereocenters. The van der Waals surface area contributed by atoms with E-state index in [1.165, 1.54) is 11.1 Å². The van der Waals surface area contributed by atoms with Crippen molar-refractivity contribution in [3.05, 3.63) is 35.4 Å². The summed E-state index contributed by atoms with van der Waals surface area (Å²) in [6.07, 6.45) is 1.42. The minimum Gasteiger partial charge on any atom is -0.390 e. The van der Waals surface area contributed by atoms with Gasteiger partial charge >= 0.3 is 0 Å². The minimum absolute atomic E-state index is 0.173. The summed E-state index contributed by atoms with van der Waals surface area (Å²) < 4.78 is 4.98. The zero-order valence-corrected chi connectivity index (χ0v) is 14.2. The van der Waals surface area contributed by atoms with Gasteiger partial charge in [-0.1, -0.05) is 45.0 Å². The maximum absolute atomic E-state index is 10.5. The second-order valence-electron chi connectivity index (χ2n) is 7.11. The van der Waals surface area contributed by atoms with E-state index < -0.39 is 5.60 Å². The van der Waals surface area contributed by atoms with Gasteiger partial charge in [-0.05, 0) is 36.4 Å². The Morgan fingerprint density at radius 1 is 1.05 bits per heavy atom. The van der Waals surface area contributed by atoms with Crippen LogP contribution >= 0.6 is 0 Å². The van der Waals surface area contributed by atoms with E-state index in [2.05, 4.69) is 50.4 Å². The summed E-state index contributed by atoms with van der Waals surface area (Å²) in [4.78, 5) is 0. The Kier molecular flexibility index (Phi) is 6.85. The maximum Gasteiger partial charge on any atom is 0.0672 e. The second-order valence-corrected chi connectivity index (χ2v) is 7.11. The van der Waals surface area contributed by atoms with Crippen molar-refractivity contribution in [3.63, 3.8) is 0 Å². The molecular formula is C18H31NO2. The van der Waals surface area contributed by atoms with Gasteiger partial charge in [0.15, 0.2) is 0 Å². The van der Waals surface area contributed by atoms with Gasteiger partial charge in [0.1, 0.15) is 0 Å². The molecule has 0 saturated carbocycles. The Labute approximate surface area is 129 Å². The van der Waals surface area contributed by atoms with Crippen molar-refractivity contribution in [2.75, 3.05) is 26.8 Å². The Balaban J connectivity index is 2.47. The molecule has 21 heavy (non-hydrogen) atoms. The van der Waals surface area contributed by atoms with Crippen LogP contribution in [0.5, 0.6) is 0 Å². The molecule has 0 bridgehead atoms. The first-order valence-corrected chi connectivity index (χ1v) is 7.76. The number of nitrogens with one attached hydrogen (secondary N) is 1. The smallest absolute Gasteiger partial charge is 0.0672 e. The Bertz CT molecular complexity index is 404. The van der Waals surface area contributed by atoms with E-state index >= 15 is 0 Å². The molecule has 3 heteroatoms. The molecule has 0 aliphatic carbocycles. The van der Waals surface area contributed by atoms with Gasteiger partial charge < -0.3 is 15.2 Å². The highest BCUT2D eigenvalue weighted by atomic mass is 16.5. The first kappa shape index (κ1) is 18.1. The van der Waals surface area contributed by atoms with Crippen LogP contribution in [-0.2, 0) is 16.6 Å². The van der Waals surface area contributed by atoms with Crippen molar-refractivity contribution < 1.29 is 9.84 Å². The van der Waals surface area contributed by atoms with E-state index in [4.69, 9.17) is 4.74 Å². The molecule has 1 rings (SSSR count). The highest BCUT2D eigenvalue weighted by Crippen LogP contribution is 2.24. The zero-order chi connectivity index (χ0) is 15.9. The van der Waals surface area contributed by atoms with Crippen LogP contribution in [0.2, 0.25) is 0 Å². The number of hydrogen-bond donors (Lipinski definition) is 2. The third kappa shape index (κ3) is 7.07. The fraction of sp³-hybridized carbons (Fsp3) is 0.667. The van der Waals surface area contributed by atoms with E-state index in [0.717, 1.165) is 19.5 Å². The third-order valence-corrected chi connectivity index (χ3v) is 3.73. The molecule has 1 aromatic rings.